The maximum absolute atomic E-state index is 15.2. The summed E-state index contributed by atoms with van der Waals surface area (Å²) >= 11 is 0. The molecule has 0 amide bonds. The minimum Gasteiger partial charge on any atom is -0.290 e. The summed E-state index contributed by atoms with van der Waals surface area (Å²) in [5, 5.41) is 23.4. The number of rotatable bonds is 3. The molecule has 0 fully saturated rings. The predicted octanol–water partition coefficient (Wildman–Crippen LogP) is 5.38. The Bertz CT molecular complexity index is 666. The molecule has 0 unspecified atom stereocenters. The lowest BCUT2D eigenvalue weighted by molar-refractivity contribution is -0.323. The first-order valence-corrected chi connectivity index (χ1v) is 6.20. The van der Waals surface area contributed by atoms with E-state index in [1.54, 1.807) is 0 Å². The van der Waals surface area contributed by atoms with Gasteiger partial charge in [0.05, 0.1) is 0 Å². The van der Waals surface area contributed by atoms with Gasteiger partial charge in [-0.3, -0.25) is 10.2 Å². The van der Waals surface area contributed by atoms with Crippen LogP contribution in [0.2, 0.25) is 0 Å². The fourth-order valence-corrected chi connectivity index (χ4v) is 2.18. The molecular weight excluding hydrogens is 326 g/mol. The van der Waals surface area contributed by atoms with Gasteiger partial charge in [0, 0.05) is 11.1 Å². The van der Waals surface area contributed by atoms with Crippen LogP contribution >= 0.6 is 0 Å². The Hall–Kier alpha value is -2.38. The van der Waals surface area contributed by atoms with Gasteiger partial charge >= 0.3 is 12.1 Å². The first-order chi connectivity index (χ1) is 10.5. The molecule has 0 atom stereocenters. The summed E-state index contributed by atoms with van der Waals surface area (Å²) in [5.74, 6) is -8.73. The standard InChI is InChI=1S/C15H8F6O2/c16-13(14(17,18)15(19,20)21,9-5-1-3-7-11(9)22)10-6-2-4-8-12(10)23/h1-8H. The average molecular weight is 334 g/mol. The van der Waals surface area contributed by atoms with E-state index in [1.165, 1.54) is 0 Å². The van der Waals surface area contributed by atoms with Crippen molar-refractivity contribution in [3.05, 3.63) is 59.7 Å². The molecule has 2 aromatic rings. The first-order valence-electron chi connectivity index (χ1n) is 6.20. The zero-order chi connectivity index (χ0) is 17.5. The molecule has 2 aromatic carbocycles. The summed E-state index contributed by atoms with van der Waals surface area (Å²) in [6.45, 7) is 0. The molecule has 0 N–H and O–H groups in total. The maximum atomic E-state index is 15.2. The van der Waals surface area contributed by atoms with Crippen molar-refractivity contribution in [2.24, 2.45) is 0 Å². The van der Waals surface area contributed by atoms with Crippen molar-refractivity contribution < 1.29 is 36.6 Å². The third kappa shape index (κ3) is 2.47. The van der Waals surface area contributed by atoms with Gasteiger partial charge in [-0.1, -0.05) is 36.4 Å². The van der Waals surface area contributed by atoms with Gasteiger partial charge in [-0.15, -0.1) is 0 Å². The Balaban J connectivity index is 2.87. The largest absolute Gasteiger partial charge is 0.457 e. The van der Waals surface area contributed by atoms with Crippen LogP contribution in [0.3, 0.4) is 0 Å². The molecule has 0 heterocycles. The molecule has 0 saturated carbocycles. The van der Waals surface area contributed by atoms with Gasteiger partial charge in [0.2, 0.25) is 5.67 Å². The van der Waals surface area contributed by atoms with Crippen LogP contribution in [0.1, 0.15) is 11.1 Å². The highest BCUT2D eigenvalue weighted by Crippen LogP contribution is 2.57. The second-order valence-corrected chi connectivity index (χ2v) is 4.72. The number of halogens is 6. The summed E-state index contributed by atoms with van der Waals surface area (Å²) in [7, 11) is 0. The fourth-order valence-electron chi connectivity index (χ4n) is 2.18. The average Bonchev–Trinajstić information content (AvgIpc) is 2.46. The third-order valence-corrected chi connectivity index (χ3v) is 3.31. The summed E-state index contributed by atoms with van der Waals surface area (Å²) in [5.41, 5.74) is -7.54. The number of benzene rings is 2. The molecule has 0 aliphatic heterocycles. The molecule has 122 valence electrons. The van der Waals surface area contributed by atoms with E-state index in [-0.39, 0.29) is 0 Å². The highest BCUT2D eigenvalue weighted by Gasteiger charge is 2.74. The van der Waals surface area contributed by atoms with Crippen molar-refractivity contribution >= 4 is 0 Å². The van der Waals surface area contributed by atoms with E-state index in [2.05, 4.69) is 0 Å². The van der Waals surface area contributed by atoms with E-state index >= 15 is 4.39 Å². The van der Waals surface area contributed by atoms with Crippen LogP contribution in [0, 0.1) is 0 Å². The molecule has 2 radical (unpaired) electrons. The molecule has 0 spiro atoms. The third-order valence-electron chi connectivity index (χ3n) is 3.31. The van der Waals surface area contributed by atoms with E-state index in [9.17, 15) is 32.2 Å². The normalized spacial score (nSPS) is 13.1. The van der Waals surface area contributed by atoms with Crippen molar-refractivity contribution in [3.63, 3.8) is 0 Å². The van der Waals surface area contributed by atoms with Crippen LogP contribution in [0.15, 0.2) is 48.5 Å². The van der Waals surface area contributed by atoms with Crippen molar-refractivity contribution in [2.75, 3.05) is 0 Å². The van der Waals surface area contributed by atoms with Gasteiger partial charge in [-0.05, 0) is 12.1 Å². The van der Waals surface area contributed by atoms with Gasteiger partial charge in [0.15, 0.2) is 11.5 Å². The van der Waals surface area contributed by atoms with E-state index in [0.717, 1.165) is 24.3 Å². The number of para-hydroxylation sites is 2. The van der Waals surface area contributed by atoms with Crippen LogP contribution < -0.4 is 0 Å². The van der Waals surface area contributed by atoms with Crippen LogP contribution in [0.4, 0.5) is 26.3 Å². The zero-order valence-electron chi connectivity index (χ0n) is 11.2. The summed E-state index contributed by atoms with van der Waals surface area (Å²) in [4.78, 5) is 0. The van der Waals surface area contributed by atoms with E-state index in [4.69, 9.17) is 0 Å². The molecule has 2 nitrogen and oxygen atoms in total. The van der Waals surface area contributed by atoms with Crippen LogP contribution in [0.25, 0.3) is 0 Å². The molecule has 2 rings (SSSR count). The molecule has 0 aliphatic carbocycles. The molecule has 0 saturated heterocycles. The van der Waals surface area contributed by atoms with E-state index in [1.807, 2.05) is 0 Å². The van der Waals surface area contributed by atoms with Gasteiger partial charge in [0.1, 0.15) is 0 Å². The summed E-state index contributed by atoms with van der Waals surface area (Å²) in [6.07, 6.45) is -6.31. The Labute approximate surface area is 126 Å². The van der Waals surface area contributed by atoms with Crippen molar-refractivity contribution in [3.8, 4) is 11.5 Å². The highest BCUT2D eigenvalue weighted by atomic mass is 19.4. The van der Waals surface area contributed by atoms with Gasteiger partial charge in [-0.2, -0.15) is 22.0 Å². The van der Waals surface area contributed by atoms with Gasteiger partial charge in [0.25, 0.3) is 0 Å². The lowest BCUT2D eigenvalue weighted by atomic mass is 9.81. The predicted molar refractivity (Wildman–Crippen MR) is 66.0 cm³/mol. The van der Waals surface area contributed by atoms with Crippen LogP contribution in [-0.2, 0) is 15.9 Å². The lowest BCUT2D eigenvalue weighted by Crippen LogP contribution is -2.53. The van der Waals surface area contributed by atoms with Crippen LogP contribution in [0.5, 0.6) is 11.5 Å². The second kappa shape index (κ2) is 5.36. The Kier molecular flexibility index (Phi) is 3.96. The molecule has 8 heteroatoms. The van der Waals surface area contributed by atoms with E-state index < -0.39 is 40.4 Å². The monoisotopic (exact) mass is 334 g/mol. The van der Waals surface area contributed by atoms with Gasteiger partial charge < -0.3 is 0 Å². The maximum Gasteiger partial charge on any atom is 0.457 e. The van der Waals surface area contributed by atoms with Crippen molar-refractivity contribution in [1.82, 2.24) is 0 Å². The molecule has 0 aliphatic rings. The number of hydrogen-bond donors (Lipinski definition) is 0. The Morgan fingerprint density at radius 1 is 0.609 bits per heavy atom. The molecule has 23 heavy (non-hydrogen) atoms. The van der Waals surface area contributed by atoms with Crippen molar-refractivity contribution in [1.29, 1.82) is 0 Å². The summed E-state index contributed by atoms with van der Waals surface area (Å²) < 4.78 is 81.4. The zero-order valence-corrected chi connectivity index (χ0v) is 11.2. The SMILES string of the molecule is [O]c1ccccc1C(F)(c1ccccc1[O])C(F)(F)C(F)(F)F. The van der Waals surface area contributed by atoms with Crippen molar-refractivity contribution in [2.45, 2.75) is 17.8 Å². The number of hydrogen-bond acceptors (Lipinski definition) is 0. The topological polar surface area (TPSA) is 39.8 Å². The fraction of sp³-hybridized carbons (Fsp3) is 0.200. The first kappa shape index (κ1) is 17.0. The molecular formula is C15H8F6O2. The Morgan fingerprint density at radius 2 is 0.957 bits per heavy atom. The highest BCUT2D eigenvalue weighted by molar-refractivity contribution is 5.51. The number of alkyl halides is 6. The minimum atomic E-state index is -6.31. The molecule has 0 bridgehead atoms. The van der Waals surface area contributed by atoms with Gasteiger partial charge in [-0.25, -0.2) is 4.39 Å². The lowest BCUT2D eigenvalue weighted by Gasteiger charge is -2.35. The summed E-state index contributed by atoms with van der Waals surface area (Å²) in [6, 6.07) is 6.29. The second-order valence-electron chi connectivity index (χ2n) is 4.72. The quantitative estimate of drug-likeness (QED) is 0.676. The van der Waals surface area contributed by atoms with E-state index in [0.29, 0.717) is 24.3 Å². The Morgan fingerprint density at radius 3 is 1.26 bits per heavy atom. The van der Waals surface area contributed by atoms with Crippen LogP contribution in [-0.4, -0.2) is 12.1 Å². The molecule has 0 aromatic heterocycles. The smallest absolute Gasteiger partial charge is 0.290 e. The minimum absolute atomic E-state index is 0.508.